The van der Waals surface area contributed by atoms with E-state index in [1.807, 2.05) is 17.6 Å². The Morgan fingerprint density at radius 2 is 1.95 bits per heavy atom. The van der Waals surface area contributed by atoms with Gasteiger partial charge < -0.3 is 9.67 Å². The standard InChI is InChI=1S/C15H19FN2O/c1-9-7-10(16)12-11(8-9)18-13(17-12)15(4,19)6-5-14(18,2)3/h7-8,19H,5-6H2,1-4H3. The number of rotatable bonds is 0. The minimum absolute atomic E-state index is 0.160. The molecule has 0 aliphatic carbocycles. The first kappa shape index (κ1) is 12.6. The van der Waals surface area contributed by atoms with Gasteiger partial charge in [-0.2, -0.15) is 0 Å². The van der Waals surface area contributed by atoms with Crippen LogP contribution in [-0.2, 0) is 11.1 Å². The summed E-state index contributed by atoms with van der Waals surface area (Å²) < 4.78 is 16.1. The van der Waals surface area contributed by atoms with E-state index in [1.54, 1.807) is 6.92 Å². The molecule has 0 spiro atoms. The van der Waals surface area contributed by atoms with E-state index < -0.39 is 5.60 Å². The summed E-state index contributed by atoms with van der Waals surface area (Å²) in [6.45, 7) is 7.83. The number of benzene rings is 1. The van der Waals surface area contributed by atoms with Crippen molar-refractivity contribution in [2.45, 2.75) is 51.7 Å². The molecule has 1 aliphatic heterocycles. The first-order valence-corrected chi connectivity index (χ1v) is 6.64. The molecule has 0 radical (unpaired) electrons. The molecule has 2 aromatic rings. The molecule has 1 N–H and O–H groups in total. The van der Waals surface area contributed by atoms with Crippen LogP contribution in [-0.4, -0.2) is 14.7 Å². The summed E-state index contributed by atoms with van der Waals surface area (Å²) in [6, 6.07) is 3.43. The summed E-state index contributed by atoms with van der Waals surface area (Å²) in [5, 5.41) is 10.5. The van der Waals surface area contributed by atoms with E-state index in [9.17, 15) is 9.50 Å². The van der Waals surface area contributed by atoms with Crippen LogP contribution in [0.4, 0.5) is 4.39 Å². The maximum atomic E-state index is 14.1. The predicted molar refractivity (Wildman–Crippen MR) is 72.6 cm³/mol. The third-order valence-corrected chi connectivity index (χ3v) is 4.17. The number of hydrogen-bond donors (Lipinski definition) is 1. The van der Waals surface area contributed by atoms with E-state index in [2.05, 4.69) is 18.8 Å². The largest absolute Gasteiger partial charge is 0.382 e. The molecule has 1 aromatic heterocycles. The zero-order valence-electron chi connectivity index (χ0n) is 11.8. The molecule has 1 aliphatic rings. The number of hydrogen-bond acceptors (Lipinski definition) is 2. The zero-order valence-corrected chi connectivity index (χ0v) is 11.8. The number of aryl methyl sites for hydroxylation is 1. The van der Waals surface area contributed by atoms with Gasteiger partial charge in [0.1, 0.15) is 16.9 Å². The fourth-order valence-electron chi connectivity index (χ4n) is 3.01. The molecule has 1 aromatic carbocycles. The SMILES string of the molecule is Cc1cc(F)c2nc3n(c2c1)C(C)(C)CCC3(C)O. The lowest BCUT2D eigenvalue weighted by Crippen LogP contribution is -2.41. The average molecular weight is 262 g/mol. The number of aromatic nitrogens is 2. The maximum Gasteiger partial charge on any atom is 0.151 e. The molecule has 0 bridgehead atoms. The van der Waals surface area contributed by atoms with E-state index in [-0.39, 0.29) is 11.4 Å². The van der Waals surface area contributed by atoms with Crippen molar-refractivity contribution < 1.29 is 9.50 Å². The molecule has 19 heavy (non-hydrogen) atoms. The van der Waals surface area contributed by atoms with Gasteiger partial charge in [-0.05, 0) is 58.2 Å². The van der Waals surface area contributed by atoms with Crippen molar-refractivity contribution in [1.82, 2.24) is 9.55 Å². The molecule has 0 saturated carbocycles. The minimum atomic E-state index is -0.991. The van der Waals surface area contributed by atoms with Gasteiger partial charge in [-0.25, -0.2) is 9.37 Å². The Hall–Kier alpha value is -1.42. The summed E-state index contributed by atoms with van der Waals surface area (Å²) in [7, 11) is 0. The molecule has 2 heterocycles. The lowest BCUT2D eigenvalue weighted by Gasteiger charge is -2.40. The van der Waals surface area contributed by atoms with Gasteiger partial charge in [0.15, 0.2) is 5.82 Å². The van der Waals surface area contributed by atoms with Crippen LogP contribution >= 0.6 is 0 Å². The lowest BCUT2D eigenvalue weighted by molar-refractivity contribution is -0.0000665. The Labute approximate surface area is 112 Å². The monoisotopic (exact) mass is 262 g/mol. The van der Waals surface area contributed by atoms with Crippen molar-refractivity contribution in [2.24, 2.45) is 0 Å². The van der Waals surface area contributed by atoms with E-state index in [4.69, 9.17) is 0 Å². The Kier molecular flexibility index (Phi) is 2.37. The van der Waals surface area contributed by atoms with Gasteiger partial charge >= 0.3 is 0 Å². The third-order valence-electron chi connectivity index (χ3n) is 4.17. The summed E-state index contributed by atoms with van der Waals surface area (Å²) in [5.41, 5.74) is 0.851. The summed E-state index contributed by atoms with van der Waals surface area (Å²) in [5.74, 6) is 0.256. The maximum absolute atomic E-state index is 14.1. The molecule has 0 fully saturated rings. The fourth-order valence-corrected chi connectivity index (χ4v) is 3.01. The summed E-state index contributed by atoms with van der Waals surface area (Å²) in [4.78, 5) is 4.38. The Morgan fingerprint density at radius 1 is 1.26 bits per heavy atom. The first-order valence-electron chi connectivity index (χ1n) is 6.64. The van der Waals surface area contributed by atoms with Gasteiger partial charge in [0.25, 0.3) is 0 Å². The quantitative estimate of drug-likeness (QED) is 0.791. The van der Waals surface area contributed by atoms with Crippen LogP contribution in [0.25, 0.3) is 11.0 Å². The first-order chi connectivity index (χ1) is 8.72. The smallest absolute Gasteiger partial charge is 0.151 e. The molecule has 3 nitrogen and oxygen atoms in total. The van der Waals surface area contributed by atoms with Crippen LogP contribution in [0.5, 0.6) is 0 Å². The normalized spacial score (nSPS) is 25.6. The molecular weight excluding hydrogens is 243 g/mol. The molecule has 102 valence electrons. The Morgan fingerprint density at radius 3 is 2.63 bits per heavy atom. The van der Waals surface area contributed by atoms with E-state index >= 15 is 0 Å². The highest BCUT2D eigenvalue weighted by Crippen LogP contribution is 2.42. The van der Waals surface area contributed by atoms with Crippen molar-refractivity contribution in [3.05, 3.63) is 29.3 Å². The van der Waals surface area contributed by atoms with Gasteiger partial charge in [0.2, 0.25) is 0 Å². The highest BCUT2D eigenvalue weighted by molar-refractivity contribution is 5.78. The lowest BCUT2D eigenvalue weighted by atomic mass is 9.84. The van der Waals surface area contributed by atoms with Gasteiger partial charge in [-0.15, -0.1) is 0 Å². The van der Waals surface area contributed by atoms with Gasteiger partial charge in [-0.3, -0.25) is 0 Å². The second kappa shape index (κ2) is 3.57. The van der Waals surface area contributed by atoms with Gasteiger partial charge in [0, 0.05) is 5.54 Å². The van der Waals surface area contributed by atoms with Crippen LogP contribution in [0.2, 0.25) is 0 Å². The number of aliphatic hydroxyl groups is 1. The van der Waals surface area contributed by atoms with Crippen LogP contribution in [0, 0.1) is 12.7 Å². The Balaban J connectivity index is 2.45. The zero-order chi connectivity index (χ0) is 14.0. The van der Waals surface area contributed by atoms with Crippen LogP contribution in [0.15, 0.2) is 12.1 Å². The minimum Gasteiger partial charge on any atom is -0.382 e. The van der Waals surface area contributed by atoms with Crippen LogP contribution in [0.1, 0.15) is 45.0 Å². The molecular formula is C15H19FN2O. The molecule has 1 atom stereocenters. The van der Waals surface area contributed by atoms with Gasteiger partial charge in [-0.1, -0.05) is 0 Å². The second-order valence-corrected chi connectivity index (χ2v) is 6.47. The van der Waals surface area contributed by atoms with E-state index in [1.165, 1.54) is 6.07 Å². The van der Waals surface area contributed by atoms with E-state index in [0.29, 0.717) is 17.8 Å². The van der Waals surface area contributed by atoms with Crippen molar-refractivity contribution in [1.29, 1.82) is 0 Å². The molecule has 0 amide bonds. The third kappa shape index (κ3) is 1.70. The molecule has 4 heteroatoms. The van der Waals surface area contributed by atoms with Crippen molar-refractivity contribution in [3.63, 3.8) is 0 Å². The second-order valence-electron chi connectivity index (χ2n) is 6.47. The van der Waals surface area contributed by atoms with Crippen LogP contribution < -0.4 is 0 Å². The number of halogens is 1. The van der Waals surface area contributed by atoms with Crippen molar-refractivity contribution in [3.8, 4) is 0 Å². The highest BCUT2D eigenvalue weighted by atomic mass is 19.1. The molecule has 3 rings (SSSR count). The average Bonchev–Trinajstić information content (AvgIpc) is 2.66. The highest BCUT2D eigenvalue weighted by Gasteiger charge is 2.41. The summed E-state index contributed by atoms with van der Waals surface area (Å²) >= 11 is 0. The van der Waals surface area contributed by atoms with E-state index in [0.717, 1.165) is 17.5 Å². The summed E-state index contributed by atoms with van der Waals surface area (Å²) in [6.07, 6.45) is 1.48. The van der Waals surface area contributed by atoms with Gasteiger partial charge in [0.05, 0.1) is 5.52 Å². The van der Waals surface area contributed by atoms with Crippen LogP contribution in [0.3, 0.4) is 0 Å². The number of fused-ring (bicyclic) bond motifs is 3. The molecule has 0 saturated heterocycles. The molecule has 1 unspecified atom stereocenters. The Bertz CT molecular complexity index is 670. The fraction of sp³-hybridized carbons (Fsp3) is 0.533. The number of imidazole rings is 1. The van der Waals surface area contributed by atoms with Crippen molar-refractivity contribution >= 4 is 11.0 Å². The number of nitrogens with zero attached hydrogens (tertiary/aromatic N) is 2. The predicted octanol–water partition coefficient (Wildman–Crippen LogP) is 3.22. The topological polar surface area (TPSA) is 38.0 Å². The van der Waals surface area contributed by atoms with Crippen molar-refractivity contribution in [2.75, 3.05) is 0 Å².